The van der Waals surface area contributed by atoms with Crippen LogP contribution in [0.3, 0.4) is 0 Å². The predicted molar refractivity (Wildman–Crippen MR) is 168 cm³/mol. The lowest BCUT2D eigenvalue weighted by Gasteiger charge is -2.34. The SMILES string of the molecule is NC(=O)n1c(O)c(C(=O)c2cccs2)c2cc(-c3nnn(C(c4ccccc4)(c4ccccc4)c4ccccc4)n3)ccc21. The van der Waals surface area contributed by atoms with Crippen molar-refractivity contribution in [2.24, 2.45) is 5.73 Å². The lowest BCUT2D eigenvalue weighted by atomic mass is 9.77. The van der Waals surface area contributed by atoms with E-state index in [-0.39, 0.29) is 5.56 Å². The van der Waals surface area contributed by atoms with E-state index < -0.39 is 23.2 Å². The zero-order valence-electron chi connectivity index (χ0n) is 23.1. The van der Waals surface area contributed by atoms with Crippen LogP contribution in [0.5, 0.6) is 5.88 Å². The zero-order valence-corrected chi connectivity index (χ0v) is 23.9. The molecule has 0 aliphatic carbocycles. The molecule has 44 heavy (non-hydrogen) atoms. The van der Waals surface area contributed by atoms with Crippen molar-refractivity contribution in [2.45, 2.75) is 5.54 Å². The number of primary amides is 1. The first-order valence-electron chi connectivity index (χ1n) is 13.7. The van der Waals surface area contributed by atoms with Gasteiger partial charge in [-0.2, -0.15) is 0 Å². The largest absolute Gasteiger partial charge is 0.494 e. The molecule has 7 rings (SSSR count). The standard InChI is InChI=1S/C34H24N6O3S/c35-33(43)39-27-19-18-22(21-26(27)29(32(39)42)30(41)28-17-10-20-44-28)31-36-38-40(37-31)34(23-11-4-1-5-12-23,24-13-6-2-7-14-24)25-15-8-3-9-16-25/h1-21,42H,(H2,35,43). The van der Waals surface area contributed by atoms with Gasteiger partial charge in [0.1, 0.15) is 0 Å². The summed E-state index contributed by atoms with van der Waals surface area (Å²) in [6, 6.07) is 37.4. The summed E-state index contributed by atoms with van der Waals surface area (Å²) in [5.41, 5.74) is 8.23. The van der Waals surface area contributed by atoms with Crippen LogP contribution in [0.15, 0.2) is 127 Å². The average Bonchev–Trinajstić information content (AvgIpc) is 3.83. The van der Waals surface area contributed by atoms with Gasteiger partial charge in [0.05, 0.1) is 16.0 Å². The van der Waals surface area contributed by atoms with E-state index in [2.05, 4.69) is 10.3 Å². The highest BCUT2D eigenvalue weighted by atomic mass is 32.1. The number of carbonyl (C=O) groups excluding carboxylic acids is 2. The minimum atomic E-state index is -0.965. The number of hydrogen-bond donors (Lipinski definition) is 2. The molecule has 0 aliphatic heterocycles. The van der Waals surface area contributed by atoms with E-state index in [4.69, 9.17) is 10.8 Å². The van der Waals surface area contributed by atoms with Gasteiger partial charge in [-0.05, 0) is 51.5 Å². The van der Waals surface area contributed by atoms with Crippen LogP contribution >= 0.6 is 11.3 Å². The van der Waals surface area contributed by atoms with Gasteiger partial charge in [-0.15, -0.1) is 26.3 Å². The molecule has 3 heterocycles. The Labute approximate surface area is 255 Å². The third-order valence-electron chi connectivity index (χ3n) is 7.68. The molecule has 0 atom stereocenters. The van der Waals surface area contributed by atoms with E-state index in [1.807, 2.05) is 91.0 Å². The van der Waals surface area contributed by atoms with Crippen LogP contribution in [0.1, 0.15) is 31.9 Å². The van der Waals surface area contributed by atoms with Gasteiger partial charge in [0.2, 0.25) is 17.5 Å². The number of fused-ring (bicyclic) bond motifs is 1. The second-order valence-corrected chi connectivity index (χ2v) is 11.1. The van der Waals surface area contributed by atoms with Gasteiger partial charge in [-0.3, -0.25) is 4.79 Å². The molecule has 0 bridgehead atoms. The highest BCUT2D eigenvalue weighted by molar-refractivity contribution is 7.12. The van der Waals surface area contributed by atoms with Crippen molar-refractivity contribution in [2.75, 3.05) is 0 Å². The minimum Gasteiger partial charge on any atom is -0.494 e. The van der Waals surface area contributed by atoms with Crippen molar-refractivity contribution in [3.8, 4) is 17.3 Å². The maximum absolute atomic E-state index is 13.5. The van der Waals surface area contributed by atoms with Gasteiger partial charge in [0.15, 0.2) is 5.54 Å². The van der Waals surface area contributed by atoms with Crippen LogP contribution in [0.4, 0.5) is 4.79 Å². The Hall–Kier alpha value is -5.87. The second-order valence-electron chi connectivity index (χ2n) is 10.1. The van der Waals surface area contributed by atoms with Gasteiger partial charge < -0.3 is 10.8 Å². The Morgan fingerprint density at radius 1 is 0.773 bits per heavy atom. The number of amides is 1. The number of rotatable bonds is 7. The van der Waals surface area contributed by atoms with Crippen molar-refractivity contribution in [1.29, 1.82) is 0 Å². The van der Waals surface area contributed by atoms with Crippen molar-refractivity contribution < 1.29 is 14.7 Å². The van der Waals surface area contributed by atoms with Gasteiger partial charge >= 0.3 is 6.03 Å². The lowest BCUT2D eigenvalue weighted by molar-refractivity contribution is 0.104. The average molecular weight is 597 g/mol. The summed E-state index contributed by atoms with van der Waals surface area (Å²) in [7, 11) is 0. The molecule has 4 aromatic carbocycles. The fourth-order valence-electron chi connectivity index (χ4n) is 5.75. The van der Waals surface area contributed by atoms with E-state index >= 15 is 0 Å². The molecule has 0 saturated carbocycles. The molecule has 3 aromatic heterocycles. The van der Waals surface area contributed by atoms with E-state index in [0.717, 1.165) is 21.3 Å². The van der Waals surface area contributed by atoms with Gasteiger partial charge in [0, 0.05) is 10.9 Å². The molecular formula is C34H24N6O3S. The zero-order chi connectivity index (χ0) is 30.3. The number of hydrogen-bond acceptors (Lipinski definition) is 7. The van der Waals surface area contributed by atoms with Crippen molar-refractivity contribution in [3.05, 3.63) is 154 Å². The quantitative estimate of drug-likeness (QED) is 0.170. The van der Waals surface area contributed by atoms with Crippen LogP contribution in [0.2, 0.25) is 0 Å². The smallest absolute Gasteiger partial charge is 0.326 e. The molecule has 0 radical (unpaired) electrons. The molecule has 7 aromatic rings. The Balaban J connectivity index is 1.45. The number of aromatic hydroxyl groups is 1. The number of carbonyl (C=O) groups is 2. The van der Waals surface area contributed by atoms with Gasteiger partial charge in [-0.25, -0.2) is 9.36 Å². The normalized spacial score (nSPS) is 11.5. The van der Waals surface area contributed by atoms with Crippen molar-refractivity contribution in [3.63, 3.8) is 0 Å². The summed E-state index contributed by atoms with van der Waals surface area (Å²) in [6.45, 7) is 0. The highest BCUT2D eigenvalue weighted by Crippen LogP contribution is 2.40. The molecule has 0 spiro atoms. The van der Waals surface area contributed by atoms with Crippen molar-refractivity contribution >= 4 is 34.1 Å². The van der Waals surface area contributed by atoms with Crippen LogP contribution in [0.25, 0.3) is 22.3 Å². The van der Waals surface area contributed by atoms with E-state index in [0.29, 0.717) is 27.2 Å². The summed E-state index contributed by atoms with van der Waals surface area (Å²) in [5, 5.41) is 27.1. The number of tetrazole rings is 1. The topological polar surface area (TPSA) is 129 Å². The lowest BCUT2D eigenvalue weighted by Crippen LogP contribution is -2.39. The Kier molecular flexibility index (Phi) is 6.60. The molecule has 9 nitrogen and oxygen atoms in total. The van der Waals surface area contributed by atoms with E-state index in [9.17, 15) is 14.7 Å². The number of benzene rings is 4. The minimum absolute atomic E-state index is 0.0253. The Morgan fingerprint density at radius 3 is 1.89 bits per heavy atom. The molecule has 0 fully saturated rings. The number of nitrogens with zero attached hydrogens (tertiary/aromatic N) is 5. The van der Waals surface area contributed by atoms with Crippen molar-refractivity contribution in [1.82, 2.24) is 24.8 Å². The molecular weight excluding hydrogens is 572 g/mol. The van der Waals surface area contributed by atoms with E-state index in [1.165, 1.54) is 11.3 Å². The highest BCUT2D eigenvalue weighted by Gasteiger charge is 2.41. The van der Waals surface area contributed by atoms with Crippen LogP contribution in [0, 0.1) is 0 Å². The molecule has 1 amide bonds. The summed E-state index contributed by atoms with van der Waals surface area (Å²) in [5.74, 6) is -0.650. The number of aromatic nitrogens is 5. The first-order valence-corrected chi connectivity index (χ1v) is 14.6. The number of ketones is 1. The van der Waals surface area contributed by atoms with Crippen LogP contribution < -0.4 is 5.73 Å². The fraction of sp³-hybridized carbons (Fsp3) is 0.0294. The monoisotopic (exact) mass is 596 g/mol. The second kappa shape index (κ2) is 10.8. The van der Waals surface area contributed by atoms with Gasteiger partial charge in [-0.1, -0.05) is 97.1 Å². The molecule has 10 heteroatoms. The Morgan fingerprint density at radius 2 is 1.36 bits per heavy atom. The third kappa shape index (κ3) is 4.19. The molecule has 214 valence electrons. The summed E-state index contributed by atoms with van der Waals surface area (Å²) in [6.07, 6.45) is 0. The van der Waals surface area contributed by atoms with Crippen LogP contribution in [-0.2, 0) is 5.54 Å². The van der Waals surface area contributed by atoms with Gasteiger partial charge in [0.25, 0.3) is 0 Å². The maximum atomic E-state index is 13.5. The molecule has 3 N–H and O–H groups in total. The Bertz CT molecular complexity index is 2030. The summed E-state index contributed by atoms with van der Waals surface area (Å²) < 4.78 is 0.926. The molecule has 0 aliphatic rings. The number of thiophene rings is 1. The van der Waals surface area contributed by atoms with E-state index in [1.54, 1.807) is 40.5 Å². The third-order valence-corrected chi connectivity index (χ3v) is 8.55. The predicted octanol–water partition coefficient (Wildman–Crippen LogP) is 6.06. The molecule has 0 saturated heterocycles. The number of nitrogens with two attached hydrogens (primary N) is 1. The first kappa shape index (κ1) is 27.0. The summed E-state index contributed by atoms with van der Waals surface area (Å²) in [4.78, 5) is 27.8. The fourth-order valence-corrected chi connectivity index (χ4v) is 6.42. The maximum Gasteiger partial charge on any atom is 0.326 e. The summed E-state index contributed by atoms with van der Waals surface area (Å²) >= 11 is 1.24. The first-order chi connectivity index (χ1) is 21.5. The van der Waals surface area contributed by atoms with Crippen LogP contribution in [-0.4, -0.2) is 41.7 Å². The molecule has 0 unspecified atom stereocenters.